The van der Waals surface area contributed by atoms with Crippen LogP contribution in [0.1, 0.15) is 22.3 Å². The van der Waals surface area contributed by atoms with E-state index in [1.54, 1.807) is 19.2 Å². The van der Waals surface area contributed by atoms with E-state index < -0.39 is 5.97 Å². The number of nitrogens with zero attached hydrogens (tertiary/aromatic N) is 1. The lowest BCUT2D eigenvalue weighted by Crippen LogP contribution is -2.21. The fourth-order valence-corrected chi connectivity index (χ4v) is 2.44. The zero-order valence-corrected chi connectivity index (χ0v) is 10.6. The van der Waals surface area contributed by atoms with Gasteiger partial charge in [-0.05, 0) is 36.6 Å². The van der Waals surface area contributed by atoms with E-state index in [0.717, 1.165) is 31.8 Å². The summed E-state index contributed by atoms with van der Waals surface area (Å²) in [6.07, 6.45) is 1.18. The molecule has 18 heavy (non-hydrogen) atoms. The Labute approximate surface area is 107 Å². The highest BCUT2D eigenvalue weighted by molar-refractivity contribution is 5.87. The van der Waals surface area contributed by atoms with Crippen LogP contribution < -0.4 is 0 Å². The average Bonchev–Trinajstić information content (AvgIpc) is 2.78. The SMILES string of the molecule is COCC1CCN(Cc2ccc(C(=O)O)cc2)C1. The number of carboxylic acids is 1. The molecule has 1 fully saturated rings. The number of methoxy groups -OCH3 is 1. The molecule has 1 atom stereocenters. The summed E-state index contributed by atoms with van der Waals surface area (Å²) in [7, 11) is 1.74. The van der Waals surface area contributed by atoms with E-state index in [1.165, 1.54) is 6.42 Å². The van der Waals surface area contributed by atoms with E-state index >= 15 is 0 Å². The Kier molecular flexibility index (Phi) is 4.33. The van der Waals surface area contributed by atoms with Crippen molar-refractivity contribution in [1.29, 1.82) is 0 Å². The smallest absolute Gasteiger partial charge is 0.335 e. The van der Waals surface area contributed by atoms with Gasteiger partial charge in [-0.2, -0.15) is 0 Å². The van der Waals surface area contributed by atoms with Crippen LogP contribution in [0, 0.1) is 5.92 Å². The van der Waals surface area contributed by atoms with Crippen LogP contribution in [0.2, 0.25) is 0 Å². The van der Waals surface area contributed by atoms with Gasteiger partial charge in [-0.15, -0.1) is 0 Å². The molecule has 1 saturated heterocycles. The first kappa shape index (κ1) is 13.1. The molecule has 1 unspecified atom stereocenters. The molecule has 0 aliphatic carbocycles. The molecule has 0 amide bonds. The predicted octanol–water partition coefficient (Wildman–Crippen LogP) is 1.85. The van der Waals surface area contributed by atoms with Crippen molar-refractivity contribution in [3.8, 4) is 0 Å². The second kappa shape index (κ2) is 5.98. The molecule has 0 radical (unpaired) electrons. The number of carboxylic acid groups (broad SMARTS) is 1. The Morgan fingerprint density at radius 1 is 1.44 bits per heavy atom. The van der Waals surface area contributed by atoms with E-state index in [1.807, 2.05) is 12.1 Å². The number of aromatic carboxylic acids is 1. The lowest BCUT2D eigenvalue weighted by atomic mass is 10.1. The number of rotatable bonds is 5. The molecule has 1 aliphatic rings. The summed E-state index contributed by atoms with van der Waals surface area (Å²) >= 11 is 0. The Bertz CT molecular complexity index is 402. The number of benzene rings is 1. The molecule has 4 heteroatoms. The van der Waals surface area contributed by atoms with Crippen molar-refractivity contribution in [1.82, 2.24) is 4.90 Å². The summed E-state index contributed by atoms with van der Waals surface area (Å²) in [5, 5.41) is 8.83. The molecule has 1 heterocycles. The van der Waals surface area contributed by atoms with Gasteiger partial charge in [0.15, 0.2) is 0 Å². The van der Waals surface area contributed by atoms with Gasteiger partial charge in [0, 0.05) is 20.2 Å². The van der Waals surface area contributed by atoms with Gasteiger partial charge in [0.05, 0.1) is 12.2 Å². The van der Waals surface area contributed by atoms with Gasteiger partial charge in [0.2, 0.25) is 0 Å². The topological polar surface area (TPSA) is 49.8 Å². The summed E-state index contributed by atoms with van der Waals surface area (Å²) in [5.74, 6) is -0.240. The summed E-state index contributed by atoms with van der Waals surface area (Å²) in [4.78, 5) is 13.1. The van der Waals surface area contributed by atoms with Crippen molar-refractivity contribution in [2.24, 2.45) is 5.92 Å². The minimum absolute atomic E-state index is 0.345. The van der Waals surface area contributed by atoms with Gasteiger partial charge in [0.1, 0.15) is 0 Å². The summed E-state index contributed by atoms with van der Waals surface area (Å²) < 4.78 is 5.17. The zero-order chi connectivity index (χ0) is 13.0. The van der Waals surface area contributed by atoms with Gasteiger partial charge in [-0.25, -0.2) is 4.79 Å². The molecule has 1 N–H and O–H groups in total. The fourth-order valence-electron chi connectivity index (χ4n) is 2.44. The third kappa shape index (κ3) is 3.31. The van der Waals surface area contributed by atoms with Crippen LogP contribution >= 0.6 is 0 Å². The monoisotopic (exact) mass is 249 g/mol. The van der Waals surface area contributed by atoms with Gasteiger partial charge >= 0.3 is 5.97 Å². The van der Waals surface area contributed by atoms with Crippen molar-refractivity contribution >= 4 is 5.97 Å². The van der Waals surface area contributed by atoms with Crippen molar-refractivity contribution in [3.63, 3.8) is 0 Å². The van der Waals surface area contributed by atoms with Gasteiger partial charge < -0.3 is 9.84 Å². The maximum atomic E-state index is 10.7. The Morgan fingerprint density at radius 3 is 2.78 bits per heavy atom. The van der Waals surface area contributed by atoms with Gasteiger partial charge in [-0.1, -0.05) is 12.1 Å². The highest BCUT2D eigenvalue weighted by Gasteiger charge is 2.22. The third-order valence-electron chi connectivity index (χ3n) is 3.38. The lowest BCUT2D eigenvalue weighted by molar-refractivity contribution is 0.0697. The molecule has 0 aromatic heterocycles. The first-order chi connectivity index (χ1) is 8.69. The molecule has 4 nitrogen and oxygen atoms in total. The van der Waals surface area contributed by atoms with Gasteiger partial charge in [-0.3, -0.25) is 4.90 Å². The van der Waals surface area contributed by atoms with Crippen LogP contribution in [0.3, 0.4) is 0 Å². The number of hydrogen-bond acceptors (Lipinski definition) is 3. The minimum atomic E-state index is -0.872. The molecule has 0 spiro atoms. The largest absolute Gasteiger partial charge is 0.478 e. The standard InChI is InChI=1S/C14H19NO3/c1-18-10-12-6-7-15(9-12)8-11-2-4-13(5-3-11)14(16)17/h2-5,12H,6-10H2,1H3,(H,16,17). The normalized spacial score (nSPS) is 20.2. The quantitative estimate of drug-likeness (QED) is 0.865. The summed E-state index contributed by atoms with van der Waals surface area (Å²) in [5.41, 5.74) is 1.51. The maximum Gasteiger partial charge on any atom is 0.335 e. The first-order valence-electron chi connectivity index (χ1n) is 6.22. The molecule has 98 valence electrons. The van der Waals surface area contributed by atoms with E-state index in [2.05, 4.69) is 4.90 Å². The van der Waals surface area contributed by atoms with E-state index in [9.17, 15) is 4.79 Å². The minimum Gasteiger partial charge on any atom is -0.478 e. The number of carbonyl (C=O) groups is 1. The Hall–Kier alpha value is -1.39. The van der Waals surface area contributed by atoms with Crippen molar-refractivity contribution in [2.75, 3.05) is 26.8 Å². The lowest BCUT2D eigenvalue weighted by Gasteiger charge is -2.16. The molecule has 1 aromatic carbocycles. The van der Waals surface area contributed by atoms with E-state index in [0.29, 0.717) is 11.5 Å². The highest BCUT2D eigenvalue weighted by atomic mass is 16.5. The van der Waals surface area contributed by atoms with Crippen LogP contribution in [0.5, 0.6) is 0 Å². The molecular weight excluding hydrogens is 230 g/mol. The Morgan fingerprint density at radius 2 is 2.17 bits per heavy atom. The molecule has 2 rings (SSSR count). The van der Waals surface area contributed by atoms with Crippen molar-refractivity contribution < 1.29 is 14.6 Å². The second-order valence-corrected chi connectivity index (χ2v) is 4.85. The van der Waals surface area contributed by atoms with Crippen LogP contribution in [0.4, 0.5) is 0 Å². The molecule has 0 bridgehead atoms. The highest BCUT2D eigenvalue weighted by Crippen LogP contribution is 2.19. The van der Waals surface area contributed by atoms with Crippen molar-refractivity contribution in [2.45, 2.75) is 13.0 Å². The van der Waals surface area contributed by atoms with Crippen LogP contribution in [-0.4, -0.2) is 42.8 Å². The third-order valence-corrected chi connectivity index (χ3v) is 3.38. The summed E-state index contributed by atoms with van der Waals surface area (Å²) in [6, 6.07) is 7.13. The van der Waals surface area contributed by atoms with Crippen LogP contribution in [-0.2, 0) is 11.3 Å². The maximum absolute atomic E-state index is 10.7. The molecule has 1 aliphatic heterocycles. The molecular formula is C14H19NO3. The van der Waals surface area contributed by atoms with E-state index in [4.69, 9.17) is 9.84 Å². The van der Waals surface area contributed by atoms with E-state index in [-0.39, 0.29) is 0 Å². The summed E-state index contributed by atoms with van der Waals surface area (Å²) in [6.45, 7) is 3.87. The predicted molar refractivity (Wildman–Crippen MR) is 68.7 cm³/mol. The van der Waals surface area contributed by atoms with Gasteiger partial charge in [0.25, 0.3) is 0 Å². The number of likely N-dealkylation sites (tertiary alicyclic amines) is 1. The number of hydrogen-bond donors (Lipinski definition) is 1. The Balaban J connectivity index is 1.88. The number of ether oxygens (including phenoxy) is 1. The zero-order valence-electron chi connectivity index (χ0n) is 10.6. The first-order valence-corrected chi connectivity index (χ1v) is 6.22. The molecule has 0 saturated carbocycles. The van der Waals surface area contributed by atoms with Crippen molar-refractivity contribution in [3.05, 3.63) is 35.4 Å². The van der Waals surface area contributed by atoms with Crippen LogP contribution in [0.15, 0.2) is 24.3 Å². The average molecular weight is 249 g/mol. The fraction of sp³-hybridized carbons (Fsp3) is 0.500. The van der Waals surface area contributed by atoms with Crippen LogP contribution in [0.25, 0.3) is 0 Å². The second-order valence-electron chi connectivity index (χ2n) is 4.85. The molecule has 1 aromatic rings.